The van der Waals surface area contributed by atoms with Crippen LogP contribution in [0, 0.1) is 6.92 Å². The van der Waals surface area contributed by atoms with Crippen molar-refractivity contribution in [3.05, 3.63) is 75.6 Å². The highest BCUT2D eigenvalue weighted by Gasteiger charge is 2.29. The standard InChI is InChI=1S/C22H24N4O4/c1-14-10-19(25-22(28)24-14)21(27)26-9-3-4-16(13-26)20-23-12-18(30-20)11-15-5-7-17(29-2)8-6-15/h5-8,10,12,16H,3-4,9,11,13H2,1-2H3,(H,24,25,28)/t16-/m1/s1. The molecule has 1 amide bonds. The molecule has 3 aromatic rings. The van der Waals surface area contributed by atoms with Crippen molar-refractivity contribution in [3.63, 3.8) is 0 Å². The van der Waals surface area contributed by atoms with Gasteiger partial charge in [-0.2, -0.15) is 4.98 Å². The monoisotopic (exact) mass is 408 g/mol. The largest absolute Gasteiger partial charge is 0.497 e. The molecule has 1 saturated heterocycles. The van der Waals surface area contributed by atoms with Crippen LogP contribution in [0.3, 0.4) is 0 Å². The first-order valence-corrected chi connectivity index (χ1v) is 9.96. The van der Waals surface area contributed by atoms with Gasteiger partial charge in [-0.1, -0.05) is 12.1 Å². The molecule has 0 unspecified atom stereocenters. The number of aromatic nitrogens is 3. The number of piperidine rings is 1. The number of carbonyl (C=O) groups is 1. The summed E-state index contributed by atoms with van der Waals surface area (Å²) in [6, 6.07) is 9.44. The number of ether oxygens (including phenoxy) is 1. The molecule has 0 spiro atoms. The molecule has 0 aliphatic carbocycles. The Labute approximate surface area is 173 Å². The zero-order valence-corrected chi connectivity index (χ0v) is 17.1. The number of nitrogens with one attached hydrogen (secondary N) is 1. The Morgan fingerprint density at radius 3 is 2.87 bits per heavy atom. The van der Waals surface area contributed by atoms with E-state index in [0.29, 0.717) is 31.1 Å². The van der Waals surface area contributed by atoms with Gasteiger partial charge >= 0.3 is 5.69 Å². The van der Waals surface area contributed by atoms with Gasteiger partial charge in [0, 0.05) is 25.2 Å². The van der Waals surface area contributed by atoms with E-state index >= 15 is 0 Å². The van der Waals surface area contributed by atoms with Crippen molar-refractivity contribution < 1.29 is 13.9 Å². The number of hydrogen-bond acceptors (Lipinski definition) is 6. The normalized spacial score (nSPS) is 16.5. The van der Waals surface area contributed by atoms with E-state index < -0.39 is 5.69 Å². The number of benzene rings is 1. The molecule has 156 valence electrons. The summed E-state index contributed by atoms with van der Waals surface area (Å²) < 4.78 is 11.2. The van der Waals surface area contributed by atoms with Crippen molar-refractivity contribution in [1.29, 1.82) is 0 Å². The lowest BCUT2D eigenvalue weighted by Crippen LogP contribution is -2.40. The molecule has 1 N–H and O–H groups in total. The summed E-state index contributed by atoms with van der Waals surface area (Å²) in [5, 5.41) is 0. The Hall–Kier alpha value is -3.42. The van der Waals surface area contributed by atoms with Gasteiger partial charge in [-0.25, -0.2) is 9.78 Å². The zero-order chi connectivity index (χ0) is 21.1. The van der Waals surface area contributed by atoms with Crippen LogP contribution in [0.15, 0.2) is 45.7 Å². The fourth-order valence-electron chi connectivity index (χ4n) is 3.75. The Bertz CT molecular complexity index is 1090. The number of aryl methyl sites for hydroxylation is 1. The van der Waals surface area contributed by atoms with Gasteiger partial charge in [-0.05, 0) is 43.5 Å². The predicted octanol–water partition coefficient (Wildman–Crippen LogP) is 2.69. The quantitative estimate of drug-likeness (QED) is 0.697. The second-order valence-electron chi connectivity index (χ2n) is 7.53. The summed E-state index contributed by atoms with van der Waals surface area (Å²) >= 11 is 0. The first-order chi connectivity index (χ1) is 14.5. The van der Waals surface area contributed by atoms with Gasteiger partial charge in [0.25, 0.3) is 5.91 Å². The molecular weight excluding hydrogens is 384 g/mol. The summed E-state index contributed by atoms with van der Waals surface area (Å²) in [5.41, 5.74) is 1.38. The molecule has 8 nitrogen and oxygen atoms in total. The average molecular weight is 408 g/mol. The summed E-state index contributed by atoms with van der Waals surface area (Å²) in [7, 11) is 1.64. The molecule has 30 heavy (non-hydrogen) atoms. The van der Waals surface area contributed by atoms with Crippen LogP contribution < -0.4 is 10.4 Å². The highest BCUT2D eigenvalue weighted by molar-refractivity contribution is 5.92. The lowest BCUT2D eigenvalue weighted by atomic mass is 9.97. The van der Waals surface area contributed by atoms with Crippen molar-refractivity contribution in [3.8, 4) is 5.75 Å². The van der Waals surface area contributed by atoms with E-state index in [4.69, 9.17) is 9.15 Å². The van der Waals surface area contributed by atoms with Crippen LogP contribution in [0.1, 0.15) is 52.2 Å². The summed E-state index contributed by atoms with van der Waals surface area (Å²) in [4.78, 5) is 37.0. The van der Waals surface area contributed by atoms with E-state index in [2.05, 4.69) is 15.0 Å². The summed E-state index contributed by atoms with van der Waals surface area (Å²) in [5.74, 6) is 2.03. The second kappa shape index (κ2) is 8.52. The average Bonchev–Trinajstić information content (AvgIpc) is 3.22. The summed E-state index contributed by atoms with van der Waals surface area (Å²) in [6.07, 6.45) is 4.13. The van der Waals surface area contributed by atoms with Crippen molar-refractivity contribution in [2.45, 2.75) is 32.1 Å². The molecular formula is C22H24N4O4. The van der Waals surface area contributed by atoms with E-state index in [1.54, 1.807) is 31.2 Å². The van der Waals surface area contributed by atoms with E-state index in [9.17, 15) is 9.59 Å². The van der Waals surface area contributed by atoms with Crippen LogP contribution in [0.25, 0.3) is 0 Å². The molecule has 1 aliphatic rings. The second-order valence-corrected chi connectivity index (χ2v) is 7.53. The van der Waals surface area contributed by atoms with E-state index in [1.807, 2.05) is 24.3 Å². The van der Waals surface area contributed by atoms with Gasteiger partial charge in [0.05, 0.1) is 19.2 Å². The van der Waals surface area contributed by atoms with Crippen LogP contribution in [-0.2, 0) is 6.42 Å². The van der Waals surface area contributed by atoms with Gasteiger partial charge in [0.1, 0.15) is 17.2 Å². The maximum atomic E-state index is 12.8. The van der Waals surface area contributed by atoms with Crippen LogP contribution in [0.4, 0.5) is 0 Å². The smallest absolute Gasteiger partial charge is 0.345 e. The Morgan fingerprint density at radius 2 is 2.13 bits per heavy atom. The number of oxazole rings is 1. The molecule has 1 atom stereocenters. The molecule has 4 rings (SSSR count). The number of rotatable bonds is 5. The SMILES string of the molecule is COc1ccc(Cc2cnc([C@@H]3CCCN(C(=O)c4cc(C)[nH]c(=O)n4)C3)o2)cc1. The van der Waals surface area contributed by atoms with Gasteiger partial charge in [-0.3, -0.25) is 4.79 Å². The molecule has 1 aliphatic heterocycles. The predicted molar refractivity (Wildman–Crippen MR) is 110 cm³/mol. The minimum Gasteiger partial charge on any atom is -0.497 e. The number of H-pyrrole nitrogens is 1. The molecule has 1 fully saturated rings. The van der Waals surface area contributed by atoms with Gasteiger partial charge < -0.3 is 19.0 Å². The van der Waals surface area contributed by atoms with Crippen LogP contribution in [-0.4, -0.2) is 46.0 Å². The number of nitrogens with zero attached hydrogens (tertiary/aromatic N) is 3. The highest BCUT2D eigenvalue weighted by atomic mass is 16.5. The maximum Gasteiger partial charge on any atom is 0.345 e. The number of aromatic amines is 1. The summed E-state index contributed by atoms with van der Waals surface area (Å²) in [6.45, 7) is 2.85. The minimum absolute atomic E-state index is 0.0235. The van der Waals surface area contributed by atoms with Gasteiger partial charge in [0.15, 0.2) is 5.89 Å². The molecule has 3 heterocycles. The topological polar surface area (TPSA) is 101 Å². The number of amides is 1. The minimum atomic E-state index is -0.511. The number of methoxy groups -OCH3 is 1. The van der Waals surface area contributed by atoms with E-state index in [-0.39, 0.29) is 17.5 Å². The Balaban J connectivity index is 1.44. The number of hydrogen-bond donors (Lipinski definition) is 1. The Kier molecular flexibility index (Phi) is 5.65. The van der Waals surface area contributed by atoms with Crippen molar-refractivity contribution in [2.75, 3.05) is 20.2 Å². The van der Waals surface area contributed by atoms with Gasteiger partial charge in [0.2, 0.25) is 0 Å². The molecule has 0 saturated carbocycles. The van der Waals surface area contributed by atoms with E-state index in [0.717, 1.165) is 29.9 Å². The lowest BCUT2D eigenvalue weighted by Gasteiger charge is -2.31. The van der Waals surface area contributed by atoms with Crippen LogP contribution in [0.5, 0.6) is 5.75 Å². The molecule has 0 bridgehead atoms. The van der Waals surface area contributed by atoms with Crippen LogP contribution >= 0.6 is 0 Å². The fourth-order valence-corrected chi connectivity index (χ4v) is 3.75. The fraction of sp³-hybridized carbons (Fsp3) is 0.364. The molecule has 8 heteroatoms. The molecule has 0 radical (unpaired) electrons. The highest BCUT2D eigenvalue weighted by Crippen LogP contribution is 2.28. The van der Waals surface area contributed by atoms with Crippen molar-refractivity contribution in [2.24, 2.45) is 0 Å². The van der Waals surface area contributed by atoms with Gasteiger partial charge in [-0.15, -0.1) is 0 Å². The molecule has 1 aromatic carbocycles. The van der Waals surface area contributed by atoms with Crippen molar-refractivity contribution in [1.82, 2.24) is 19.9 Å². The lowest BCUT2D eigenvalue weighted by molar-refractivity contribution is 0.0691. The maximum absolute atomic E-state index is 12.8. The Morgan fingerprint density at radius 1 is 1.33 bits per heavy atom. The molecule has 2 aromatic heterocycles. The first-order valence-electron chi connectivity index (χ1n) is 9.96. The third kappa shape index (κ3) is 4.42. The van der Waals surface area contributed by atoms with E-state index in [1.165, 1.54) is 0 Å². The first kappa shape index (κ1) is 19.9. The third-order valence-electron chi connectivity index (χ3n) is 5.27. The van der Waals surface area contributed by atoms with Crippen molar-refractivity contribution >= 4 is 5.91 Å². The zero-order valence-electron chi connectivity index (χ0n) is 17.1. The van der Waals surface area contributed by atoms with Crippen LogP contribution in [0.2, 0.25) is 0 Å². The third-order valence-corrected chi connectivity index (χ3v) is 5.27. The number of likely N-dealkylation sites (tertiary alicyclic amines) is 1. The number of carbonyl (C=O) groups excluding carboxylic acids is 1.